The first-order valence-corrected chi connectivity index (χ1v) is 13.9. The Balaban J connectivity index is 2.20. The lowest BCUT2D eigenvalue weighted by Gasteiger charge is -2.21. The van der Waals surface area contributed by atoms with Crippen LogP contribution in [-0.4, -0.2) is 61.1 Å². The van der Waals surface area contributed by atoms with Crippen molar-refractivity contribution in [3.05, 3.63) is 34.9 Å². The van der Waals surface area contributed by atoms with Crippen molar-refractivity contribution in [2.24, 2.45) is 5.73 Å². The number of hydrogen-bond acceptors (Lipinski definition) is 12. The van der Waals surface area contributed by atoms with Crippen LogP contribution in [0.2, 0.25) is 0 Å². The maximum absolute atomic E-state index is 12.4. The highest BCUT2D eigenvalue weighted by Crippen LogP contribution is 2.66. The predicted octanol–water partition coefficient (Wildman–Crippen LogP) is -0.662. The minimum Gasteiger partial charge on any atom is -0.382 e. The van der Waals surface area contributed by atoms with Crippen molar-refractivity contribution < 1.29 is 55.9 Å². The van der Waals surface area contributed by atoms with Gasteiger partial charge in [0.05, 0.1) is 31.4 Å². The maximum atomic E-state index is 12.4. The molecular weight excluding hydrogens is 537 g/mol. The molecule has 8 N–H and O–H groups in total. The average Bonchev–Trinajstić information content (AvgIpc) is 3.10. The van der Waals surface area contributed by atoms with E-state index in [2.05, 4.69) is 36.5 Å². The summed E-state index contributed by atoms with van der Waals surface area (Å²) in [6.45, 7) is 2.77. The average molecular weight is 560 g/mol. The van der Waals surface area contributed by atoms with Gasteiger partial charge < -0.3 is 40.5 Å². The monoisotopic (exact) mass is 560 g/mol. The highest BCUT2D eigenvalue weighted by atomic mass is 31.3. The van der Waals surface area contributed by atoms with Gasteiger partial charge in [-0.2, -0.15) is 13.6 Å². The van der Waals surface area contributed by atoms with E-state index in [1.54, 1.807) is 0 Å². The lowest BCUT2D eigenvalue weighted by atomic mass is 10.2. The van der Waals surface area contributed by atoms with Crippen molar-refractivity contribution in [3.63, 3.8) is 0 Å². The first-order chi connectivity index (χ1) is 16.2. The van der Waals surface area contributed by atoms with Crippen LogP contribution >= 0.6 is 23.5 Å². The van der Waals surface area contributed by atoms with Crippen LogP contribution in [0.4, 0.5) is 5.82 Å². The molecule has 0 aliphatic carbocycles. The summed E-state index contributed by atoms with van der Waals surface area (Å²) in [5, 5.41) is 0. The number of ether oxygens (including phenoxy) is 2. The number of nitrogen functional groups attached to an aromatic ring is 1. The molecule has 17 nitrogen and oxygen atoms in total. The normalized spacial score (nSPS) is 23.6. The second-order valence-corrected chi connectivity index (χ2v) is 11.1. The summed E-state index contributed by atoms with van der Waals surface area (Å²) < 4.78 is 58.4. The summed E-state index contributed by atoms with van der Waals surface area (Å²) >= 11 is 0. The zero-order valence-corrected chi connectivity index (χ0v) is 20.5. The molecule has 1 aliphatic rings. The quantitative estimate of drug-likeness (QED) is 0.111. The molecule has 0 radical (unpaired) electrons. The predicted molar refractivity (Wildman–Crippen MR) is 117 cm³/mol. The second-order valence-electron chi connectivity index (χ2n) is 6.65. The van der Waals surface area contributed by atoms with Crippen molar-refractivity contribution in [1.82, 2.24) is 9.55 Å². The Morgan fingerprint density at radius 1 is 1.26 bits per heavy atom. The topological polar surface area (TPSA) is 265 Å². The van der Waals surface area contributed by atoms with E-state index in [1.807, 2.05) is 0 Å². The summed E-state index contributed by atoms with van der Waals surface area (Å²) in [6, 6.07) is 0. The van der Waals surface area contributed by atoms with Crippen LogP contribution < -0.4 is 17.2 Å². The molecule has 0 saturated carbocycles. The number of rotatable bonds is 11. The first-order valence-electron chi connectivity index (χ1n) is 9.40. The SMILES string of the molecule is C=CCO[C@@H]1C[C@H](n2cc(C#CCN)c(N)nc2=O)O[C@@H]1COP(=O)(O)OP(=O)(O)OP(=O)(O)O. The van der Waals surface area contributed by atoms with E-state index >= 15 is 0 Å². The van der Waals surface area contributed by atoms with Crippen molar-refractivity contribution >= 4 is 29.3 Å². The van der Waals surface area contributed by atoms with Crippen LogP contribution in [0.15, 0.2) is 23.6 Å². The Morgan fingerprint density at radius 2 is 1.94 bits per heavy atom. The van der Waals surface area contributed by atoms with Gasteiger partial charge in [0.1, 0.15) is 18.1 Å². The highest BCUT2D eigenvalue weighted by Gasteiger charge is 2.43. The number of nitrogens with zero attached hydrogens (tertiary/aromatic N) is 2. The van der Waals surface area contributed by atoms with E-state index < -0.39 is 54.2 Å². The minimum absolute atomic E-state index is 0.0214. The Bertz CT molecular complexity index is 1190. The van der Waals surface area contributed by atoms with Gasteiger partial charge in [-0.25, -0.2) is 18.5 Å². The van der Waals surface area contributed by atoms with Gasteiger partial charge in [0, 0.05) is 12.6 Å². The van der Waals surface area contributed by atoms with Gasteiger partial charge in [0.15, 0.2) is 0 Å². The number of hydrogen-bond donors (Lipinski definition) is 6. The molecule has 20 heteroatoms. The molecule has 1 fully saturated rings. The third kappa shape index (κ3) is 9.34. The van der Waals surface area contributed by atoms with Gasteiger partial charge in [-0.1, -0.05) is 17.9 Å². The molecule has 0 bridgehead atoms. The van der Waals surface area contributed by atoms with Gasteiger partial charge in [-0.15, -0.1) is 6.58 Å². The molecule has 0 amide bonds. The van der Waals surface area contributed by atoms with Gasteiger partial charge in [-0.3, -0.25) is 9.09 Å². The van der Waals surface area contributed by atoms with Gasteiger partial charge in [0.2, 0.25) is 0 Å². The molecule has 5 atom stereocenters. The molecule has 196 valence electrons. The van der Waals surface area contributed by atoms with Crippen molar-refractivity contribution in [2.45, 2.75) is 24.9 Å². The summed E-state index contributed by atoms with van der Waals surface area (Å²) in [5.74, 6) is 5.09. The molecule has 1 aromatic rings. The molecule has 1 aliphatic heterocycles. The van der Waals surface area contributed by atoms with Crippen LogP contribution in [0, 0.1) is 11.8 Å². The summed E-state index contributed by atoms with van der Waals surface area (Å²) in [4.78, 5) is 52.1. The lowest BCUT2D eigenvalue weighted by molar-refractivity contribution is -0.0570. The molecule has 2 unspecified atom stereocenters. The molecule has 35 heavy (non-hydrogen) atoms. The minimum atomic E-state index is -5.69. The molecule has 2 heterocycles. The first kappa shape index (κ1) is 29.5. The third-order valence-corrected chi connectivity index (χ3v) is 7.85. The molecule has 0 spiro atoms. The molecule has 1 aromatic heterocycles. The highest BCUT2D eigenvalue weighted by molar-refractivity contribution is 7.66. The standard InChI is InChI=1S/C15H23N4O13P3/c1-2-6-28-11-7-13(19-8-10(4-3-5-16)14(17)18-15(19)20)30-12(11)9-29-34(24,25)32-35(26,27)31-33(21,22)23/h2,8,11-13H,1,5-7,9,16H2,(H,24,25)(H,26,27)(H2,17,18,20)(H2,21,22,23)/t11-,12-,13-/m1/s1. The largest absolute Gasteiger partial charge is 0.490 e. The number of anilines is 1. The number of phosphoric acid groups is 3. The fourth-order valence-electron chi connectivity index (χ4n) is 2.79. The summed E-state index contributed by atoms with van der Waals surface area (Å²) in [5.41, 5.74) is 10.4. The van der Waals surface area contributed by atoms with E-state index in [1.165, 1.54) is 12.3 Å². The number of nitrogens with two attached hydrogens (primary N) is 2. The second kappa shape index (κ2) is 12.0. The van der Waals surface area contributed by atoms with Crippen molar-refractivity contribution in [3.8, 4) is 11.8 Å². The van der Waals surface area contributed by atoms with E-state index in [9.17, 15) is 28.3 Å². The van der Waals surface area contributed by atoms with E-state index in [4.69, 9.17) is 30.7 Å². The Labute approximate surface area is 198 Å². The van der Waals surface area contributed by atoms with E-state index in [0.29, 0.717) is 0 Å². The van der Waals surface area contributed by atoms with E-state index in [-0.39, 0.29) is 31.0 Å². The lowest BCUT2D eigenvalue weighted by Crippen LogP contribution is -2.29. The fraction of sp³-hybridized carbons (Fsp3) is 0.467. The number of aromatic nitrogens is 2. The van der Waals surface area contributed by atoms with Crippen LogP contribution in [0.5, 0.6) is 0 Å². The Morgan fingerprint density at radius 3 is 2.54 bits per heavy atom. The zero-order valence-electron chi connectivity index (χ0n) is 17.8. The van der Waals surface area contributed by atoms with Crippen LogP contribution in [0.3, 0.4) is 0 Å². The third-order valence-electron chi connectivity index (χ3n) is 4.04. The van der Waals surface area contributed by atoms with E-state index in [0.717, 1.165) is 4.57 Å². The molecule has 1 saturated heterocycles. The number of phosphoric ester groups is 1. The van der Waals surface area contributed by atoms with Gasteiger partial charge >= 0.3 is 29.2 Å². The van der Waals surface area contributed by atoms with Crippen LogP contribution in [0.25, 0.3) is 0 Å². The van der Waals surface area contributed by atoms with Gasteiger partial charge in [-0.05, 0) is 0 Å². The zero-order chi connectivity index (χ0) is 26.4. The summed E-state index contributed by atoms with van der Waals surface area (Å²) in [6.07, 6.45) is -0.273. The Hall–Kier alpha value is -1.73. The van der Waals surface area contributed by atoms with Crippen LogP contribution in [0.1, 0.15) is 18.2 Å². The maximum Gasteiger partial charge on any atom is 0.490 e. The molecule has 0 aromatic carbocycles. The van der Waals surface area contributed by atoms with Crippen molar-refractivity contribution in [1.29, 1.82) is 0 Å². The Kier molecular flexibility index (Phi) is 10.1. The van der Waals surface area contributed by atoms with Crippen molar-refractivity contribution in [2.75, 3.05) is 25.5 Å². The van der Waals surface area contributed by atoms with Gasteiger partial charge in [0.25, 0.3) is 0 Å². The summed E-state index contributed by atoms with van der Waals surface area (Å²) in [7, 11) is -16.6. The molecular formula is C15H23N4O13P3. The molecule has 2 rings (SSSR count). The fourth-order valence-corrected chi connectivity index (χ4v) is 5.82. The smallest absolute Gasteiger partial charge is 0.382 e. The van der Waals surface area contributed by atoms with Crippen LogP contribution in [-0.2, 0) is 36.3 Å².